The van der Waals surface area contributed by atoms with E-state index in [1.54, 1.807) is 0 Å². The lowest BCUT2D eigenvalue weighted by Crippen LogP contribution is -2.33. The van der Waals surface area contributed by atoms with Crippen molar-refractivity contribution in [1.29, 1.82) is 0 Å². The van der Waals surface area contributed by atoms with Gasteiger partial charge in [0.05, 0.1) is 6.54 Å². The van der Waals surface area contributed by atoms with Crippen molar-refractivity contribution in [3.63, 3.8) is 0 Å². The van der Waals surface area contributed by atoms with Crippen LogP contribution in [-0.2, 0) is 11.3 Å². The lowest BCUT2D eigenvalue weighted by Gasteiger charge is -2.20. The van der Waals surface area contributed by atoms with Crippen LogP contribution in [0.3, 0.4) is 0 Å². The summed E-state index contributed by atoms with van der Waals surface area (Å²) in [6.07, 6.45) is 10.1. The molecule has 0 aromatic carbocycles. The molecular weight excluding hydrogens is 304 g/mol. The second kappa shape index (κ2) is 7.21. The van der Waals surface area contributed by atoms with Crippen LogP contribution >= 0.6 is 0 Å². The van der Waals surface area contributed by atoms with Crippen LogP contribution in [0.25, 0.3) is 0 Å². The number of carbonyl (C=O) groups excluding carboxylic acids is 1. The van der Waals surface area contributed by atoms with E-state index in [2.05, 4.69) is 20.4 Å². The van der Waals surface area contributed by atoms with Crippen molar-refractivity contribution in [1.82, 2.24) is 20.4 Å². The van der Waals surface area contributed by atoms with Crippen molar-refractivity contribution >= 4 is 5.91 Å². The van der Waals surface area contributed by atoms with Gasteiger partial charge in [0.15, 0.2) is 5.82 Å². The summed E-state index contributed by atoms with van der Waals surface area (Å²) in [4.78, 5) is 18.8. The molecule has 1 amide bonds. The van der Waals surface area contributed by atoms with E-state index in [9.17, 15) is 4.79 Å². The highest BCUT2D eigenvalue weighted by atomic mass is 16.5. The molecule has 0 unspecified atom stereocenters. The number of likely N-dealkylation sites (tertiary alicyclic amines) is 1. The predicted molar refractivity (Wildman–Crippen MR) is 89.3 cm³/mol. The first-order chi connectivity index (χ1) is 11.8. The number of carbonyl (C=O) groups is 1. The number of amides is 1. The van der Waals surface area contributed by atoms with Gasteiger partial charge < -0.3 is 14.7 Å². The van der Waals surface area contributed by atoms with Crippen molar-refractivity contribution in [2.24, 2.45) is 5.92 Å². The highest BCUT2D eigenvalue weighted by Crippen LogP contribution is 2.33. The first-order valence-corrected chi connectivity index (χ1v) is 9.61. The van der Waals surface area contributed by atoms with Gasteiger partial charge in [0.25, 0.3) is 0 Å². The van der Waals surface area contributed by atoms with E-state index in [0.717, 1.165) is 43.6 Å². The minimum absolute atomic E-state index is 0.328. The second-order valence-corrected chi connectivity index (χ2v) is 7.72. The third kappa shape index (κ3) is 3.97. The molecule has 2 saturated carbocycles. The lowest BCUT2D eigenvalue weighted by molar-refractivity contribution is -0.130. The summed E-state index contributed by atoms with van der Waals surface area (Å²) < 4.78 is 5.43. The molecule has 1 aromatic rings. The minimum atomic E-state index is 0.328. The maximum Gasteiger partial charge on any atom is 0.229 e. The molecule has 24 heavy (non-hydrogen) atoms. The van der Waals surface area contributed by atoms with Gasteiger partial charge in [-0.3, -0.25) is 4.79 Å². The molecule has 1 N–H and O–H groups in total. The SMILES string of the molecule is O=C1CC[C@H](NCc2noc(C3CCCC3)n2)CCN1CC1CC1. The van der Waals surface area contributed by atoms with Crippen LogP contribution in [-0.4, -0.2) is 40.1 Å². The number of hydrogen-bond acceptors (Lipinski definition) is 5. The van der Waals surface area contributed by atoms with Gasteiger partial charge in [-0.25, -0.2) is 0 Å². The molecule has 1 atom stereocenters. The van der Waals surface area contributed by atoms with Crippen molar-refractivity contribution in [3.8, 4) is 0 Å². The van der Waals surface area contributed by atoms with Crippen molar-refractivity contribution < 1.29 is 9.32 Å². The average molecular weight is 332 g/mol. The summed E-state index contributed by atoms with van der Waals surface area (Å²) in [5, 5.41) is 7.65. The maximum atomic E-state index is 12.2. The second-order valence-electron chi connectivity index (χ2n) is 7.72. The fourth-order valence-corrected chi connectivity index (χ4v) is 3.96. The van der Waals surface area contributed by atoms with E-state index in [4.69, 9.17) is 4.52 Å². The van der Waals surface area contributed by atoms with Crippen molar-refractivity contribution in [2.75, 3.05) is 13.1 Å². The molecule has 6 nitrogen and oxygen atoms in total. The molecule has 0 radical (unpaired) electrons. The average Bonchev–Trinajstić information content (AvgIpc) is 3.09. The lowest BCUT2D eigenvalue weighted by atomic mass is 10.1. The Labute approximate surface area is 143 Å². The molecule has 3 fully saturated rings. The molecule has 132 valence electrons. The zero-order valence-electron chi connectivity index (χ0n) is 14.4. The Morgan fingerprint density at radius 1 is 1.12 bits per heavy atom. The Morgan fingerprint density at radius 3 is 2.75 bits per heavy atom. The summed E-state index contributed by atoms with van der Waals surface area (Å²) in [5.41, 5.74) is 0. The normalized spacial score (nSPS) is 26.1. The van der Waals surface area contributed by atoms with Gasteiger partial charge in [-0.05, 0) is 44.4 Å². The van der Waals surface area contributed by atoms with Gasteiger partial charge in [0.1, 0.15) is 0 Å². The monoisotopic (exact) mass is 332 g/mol. The van der Waals surface area contributed by atoms with Crippen LogP contribution < -0.4 is 5.32 Å². The van der Waals surface area contributed by atoms with E-state index in [1.165, 1.54) is 38.5 Å². The van der Waals surface area contributed by atoms with Gasteiger partial charge in [-0.15, -0.1) is 0 Å². The molecule has 4 rings (SSSR count). The molecule has 3 aliphatic rings. The van der Waals surface area contributed by atoms with Gasteiger partial charge in [0.2, 0.25) is 11.8 Å². The summed E-state index contributed by atoms with van der Waals surface area (Å²) in [6.45, 7) is 2.49. The molecule has 0 bridgehead atoms. The molecule has 1 saturated heterocycles. The first-order valence-electron chi connectivity index (χ1n) is 9.61. The largest absolute Gasteiger partial charge is 0.342 e. The number of nitrogens with one attached hydrogen (secondary N) is 1. The van der Waals surface area contributed by atoms with E-state index >= 15 is 0 Å². The Kier molecular flexibility index (Phi) is 4.83. The van der Waals surface area contributed by atoms with E-state index < -0.39 is 0 Å². The quantitative estimate of drug-likeness (QED) is 0.867. The molecule has 1 aliphatic heterocycles. The third-order valence-electron chi connectivity index (χ3n) is 5.72. The minimum Gasteiger partial charge on any atom is -0.342 e. The Bertz CT molecular complexity index is 563. The molecule has 2 heterocycles. The van der Waals surface area contributed by atoms with Gasteiger partial charge in [-0.1, -0.05) is 18.0 Å². The highest BCUT2D eigenvalue weighted by molar-refractivity contribution is 5.76. The van der Waals surface area contributed by atoms with E-state index in [0.29, 0.717) is 30.8 Å². The fourth-order valence-electron chi connectivity index (χ4n) is 3.96. The van der Waals surface area contributed by atoms with Crippen LogP contribution in [0, 0.1) is 5.92 Å². The van der Waals surface area contributed by atoms with Crippen molar-refractivity contribution in [2.45, 2.75) is 76.3 Å². The van der Waals surface area contributed by atoms with Crippen LogP contribution in [0.5, 0.6) is 0 Å². The molecule has 0 spiro atoms. The number of hydrogen-bond donors (Lipinski definition) is 1. The smallest absolute Gasteiger partial charge is 0.229 e. The topological polar surface area (TPSA) is 71.3 Å². The van der Waals surface area contributed by atoms with Crippen molar-refractivity contribution in [3.05, 3.63) is 11.7 Å². The third-order valence-corrected chi connectivity index (χ3v) is 5.72. The zero-order chi connectivity index (χ0) is 16.4. The predicted octanol–water partition coefficient (Wildman–Crippen LogP) is 2.61. The summed E-state index contributed by atoms with van der Waals surface area (Å²) >= 11 is 0. The standard InChI is InChI=1S/C18H28N4O2/c23-17-8-7-15(9-10-22(17)12-13-5-6-13)19-11-16-20-18(24-21-16)14-3-1-2-4-14/h13-15,19H,1-12H2/t15-/m0/s1. The fraction of sp³-hybridized carbons (Fsp3) is 0.833. The van der Waals surface area contributed by atoms with Gasteiger partial charge in [-0.2, -0.15) is 4.98 Å². The summed E-state index contributed by atoms with van der Waals surface area (Å²) in [6, 6.07) is 0.367. The van der Waals surface area contributed by atoms with Gasteiger partial charge in [0, 0.05) is 31.5 Å². The highest BCUT2D eigenvalue weighted by Gasteiger charge is 2.29. The van der Waals surface area contributed by atoms with Crippen LogP contribution in [0.2, 0.25) is 0 Å². The van der Waals surface area contributed by atoms with E-state index in [-0.39, 0.29) is 0 Å². The van der Waals surface area contributed by atoms with Crippen LogP contribution in [0.1, 0.15) is 75.4 Å². The summed E-state index contributed by atoms with van der Waals surface area (Å²) in [7, 11) is 0. The molecule has 1 aromatic heterocycles. The Morgan fingerprint density at radius 2 is 1.96 bits per heavy atom. The first kappa shape index (κ1) is 16.1. The van der Waals surface area contributed by atoms with Gasteiger partial charge >= 0.3 is 0 Å². The Hall–Kier alpha value is -1.43. The maximum absolute atomic E-state index is 12.2. The zero-order valence-corrected chi connectivity index (χ0v) is 14.4. The molecular formula is C18H28N4O2. The number of rotatable bonds is 6. The van der Waals surface area contributed by atoms with E-state index in [1.807, 2.05) is 0 Å². The summed E-state index contributed by atoms with van der Waals surface area (Å²) in [5.74, 6) is 3.14. The van der Waals surface area contributed by atoms with Crippen LogP contribution in [0.4, 0.5) is 0 Å². The molecule has 2 aliphatic carbocycles. The number of aromatic nitrogens is 2. The van der Waals surface area contributed by atoms with Crippen LogP contribution in [0.15, 0.2) is 4.52 Å². The number of nitrogens with zero attached hydrogens (tertiary/aromatic N) is 3. The Balaban J connectivity index is 1.25. The molecule has 6 heteroatoms.